The van der Waals surface area contributed by atoms with E-state index in [1.165, 1.54) is 0 Å². The molecule has 5 heteroatoms. The summed E-state index contributed by atoms with van der Waals surface area (Å²) in [5, 5.41) is 14.1. The fourth-order valence-corrected chi connectivity index (χ4v) is 1.34. The standard InChI is InChI=1S/C12H18N2O3/c1-9(7-15)13-12(16)14-11-5-3-4-10(6-11)8-17-2/h3-6,9,15H,7-8H2,1-2H3,(H2,13,14,16)/t9-/m1/s1. The van der Waals surface area contributed by atoms with Crippen molar-refractivity contribution in [2.75, 3.05) is 19.0 Å². The average Bonchev–Trinajstić information content (AvgIpc) is 2.29. The molecule has 0 aliphatic heterocycles. The third kappa shape index (κ3) is 4.84. The number of ether oxygens (including phenoxy) is 1. The number of amides is 2. The Kier molecular flexibility index (Phi) is 5.45. The monoisotopic (exact) mass is 238 g/mol. The molecule has 1 aromatic rings. The summed E-state index contributed by atoms with van der Waals surface area (Å²) in [5.74, 6) is 0. The van der Waals surface area contributed by atoms with Gasteiger partial charge in [-0.3, -0.25) is 0 Å². The summed E-state index contributed by atoms with van der Waals surface area (Å²) in [6, 6.07) is 6.80. The van der Waals surface area contributed by atoms with Crippen LogP contribution in [0, 0.1) is 0 Å². The lowest BCUT2D eigenvalue weighted by molar-refractivity contribution is 0.185. The zero-order chi connectivity index (χ0) is 12.7. The predicted octanol–water partition coefficient (Wildman–Crippen LogP) is 1.34. The largest absolute Gasteiger partial charge is 0.394 e. The second kappa shape index (κ2) is 6.88. The summed E-state index contributed by atoms with van der Waals surface area (Å²) < 4.78 is 5.01. The van der Waals surface area contributed by atoms with E-state index in [1.54, 1.807) is 20.1 Å². The van der Waals surface area contributed by atoms with Gasteiger partial charge in [0.05, 0.1) is 19.3 Å². The number of nitrogens with one attached hydrogen (secondary N) is 2. The van der Waals surface area contributed by atoms with Crippen LogP contribution in [0.1, 0.15) is 12.5 Å². The van der Waals surface area contributed by atoms with Crippen molar-refractivity contribution in [3.63, 3.8) is 0 Å². The first-order valence-electron chi connectivity index (χ1n) is 5.42. The Morgan fingerprint density at radius 1 is 1.53 bits per heavy atom. The SMILES string of the molecule is COCc1cccc(NC(=O)N[C@H](C)CO)c1. The van der Waals surface area contributed by atoms with Crippen LogP contribution in [0.25, 0.3) is 0 Å². The molecule has 0 unspecified atom stereocenters. The van der Waals surface area contributed by atoms with E-state index in [-0.39, 0.29) is 18.7 Å². The van der Waals surface area contributed by atoms with Gasteiger partial charge in [-0.15, -0.1) is 0 Å². The molecule has 1 aromatic carbocycles. The summed E-state index contributed by atoms with van der Waals surface area (Å²) in [7, 11) is 1.62. The molecule has 1 rings (SSSR count). The van der Waals surface area contributed by atoms with Gasteiger partial charge in [0, 0.05) is 12.8 Å². The van der Waals surface area contributed by atoms with Crippen molar-refractivity contribution < 1.29 is 14.6 Å². The number of aliphatic hydroxyl groups is 1. The normalized spacial score (nSPS) is 11.9. The summed E-state index contributed by atoms with van der Waals surface area (Å²) in [4.78, 5) is 11.5. The highest BCUT2D eigenvalue weighted by Gasteiger charge is 2.06. The Morgan fingerprint density at radius 2 is 2.29 bits per heavy atom. The van der Waals surface area contributed by atoms with E-state index in [0.29, 0.717) is 12.3 Å². The number of benzene rings is 1. The van der Waals surface area contributed by atoms with Gasteiger partial charge >= 0.3 is 6.03 Å². The van der Waals surface area contributed by atoms with Crippen LogP contribution in [0.4, 0.5) is 10.5 Å². The van der Waals surface area contributed by atoms with Crippen LogP contribution in [0.2, 0.25) is 0 Å². The average molecular weight is 238 g/mol. The first-order chi connectivity index (χ1) is 8.15. The number of anilines is 1. The van der Waals surface area contributed by atoms with Crippen molar-refractivity contribution in [1.29, 1.82) is 0 Å². The highest BCUT2D eigenvalue weighted by atomic mass is 16.5. The molecule has 5 nitrogen and oxygen atoms in total. The number of carbonyl (C=O) groups excluding carboxylic acids is 1. The number of urea groups is 1. The van der Waals surface area contributed by atoms with E-state index >= 15 is 0 Å². The van der Waals surface area contributed by atoms with Crippen LogP contribution in [-0.4, -0.2) is 30.9 Å². The highest BCUT2D eigenvalue weighted by Crippen LogP contribution is 2.11. The van der Waals surface area contributed by atoms with Crippen molar-refractivity contribution >= 4 is 11.7 Å². The van der Waals surface area contributed by atoms with Crippen LogP contribution in [0.15, 0.2) is 24.3 Å². The minimum atomic E-state index is -0.332. The maximum atomic E-state index is 11.5. The Balaban J connectivity index is 2.55. The molecule has 1 atom stereocenters. The van der Waals surface area contributed by atoms with Gasteiger partial charge in [-0.1, -0.05) is 12.1 Å². The Bertz CT molecular complexity index is 369. The molecule has 94 valence electrons. The van der Waals surface area contributed by atoms with Crippen molar-refractivity contribution in [2.24, 2.45) is 0 Å². The molecule has 0 saturated heterocycles. The van der Waals surface area contributed by atoms with Gasteiger partial charge in [-0.2, -0.15) is 0 Å². The second-order valence-corrected chi connectivity index (χ2v) is 3.82. The van der Waals surface area contributed by atoms with Gasteiger partial charge in [0.2, 0.25) is 0 Å². The highest BCUT2D eigenvalue weighted by molar-refractivity contribution is 5.89. The Morgan fingerprint density at radius 3 is 2.94 bits per heavy atom. The molecule has 0 aliphatic rings. The smallest absolute Gasteiger partial charge is 0.319 e. The van der Waals surface area contributed by atoms with E-state index < -0.39 is 0 Å². The zero-order valence-corrected chi connectivity index (χ0v) is 10.1. The quantitative estimate of drug-likeness (QED) is 0.725. The van der Waals surface area contributed by atoms with Crippen LogP contribution in [-0.2, 0) is 11.3 Å². The minimum absolute atomic E-state index is 0.0862. The lowest BCUT2D eigenvalue weighted by Gasteiger charge is -2.12. The maximum absolute atomic E-state index is 11.5. The van der Waals surface area contributed by atoms with Crippen molar-refractivity contribution in [3.8, 4) is 0 Å². The van der Waals surface area contributed by atoms with Gasteiger partial charge in [-0.05, 0) is 24.6 Å². The number of rotatable bonds is 5. The van der Waals surface area contributed by atoms with Crippen LogP contribution >= 0.6 is 0 Å². The van der Waals surface area contributed by atoms with Gasteiger partial charge in [-0.25, -0.2) is 4.79 Å². The minimum Gasteiger partial charge on any atom is -0.394 e. The number of carbonyl (C=O) groups is 1. The Hall–Kier alpha value is -1.59. The Labute approximate surface area is 101 Å². The molecule has 0 radical (unpaired) electrons. The number of hydrogen-bond acceptors (Lipinski definition) is 3. The number of hydrogen-bond donors (Lipinski definition) is 3. The fourth-order valence-electron chi connectivity index (χ4n) is 1.34. The summed E-state index contributed by atoms with van der Waals surface area (Å²) in [6.07, 6.45) is 0. The van der Waals surface area contributed by atoms with Crippen molar-refractivity contribution in [1.82, 2.24) is 5.32 Å². The lowest BCUT2D eigenvalue weighted by atomic mass is 10.2. The van der Waals surface area contributed by atoms with Crippen LogP contribution < -0.4 is 10.6 Å². The fraction of sp³-hybridized carbons (Fsp3) is 0.417. The summed E-state index contributed by atoms with van der Waals surface area (Å²) in [6.45, 7) is 2.14. The first-order valence-corrected chi connectivity index (χ1v) is 5.42. The first kappa shape index (κ1) is 13.5. The van der Waals surface area contributed by atoms with E-state index in [2.05, 4.69) is 10.6 Å². The summed E-state index contributed by atoms with van der Waals surface area (Å²) >= 11 is 0. The third-order valence-corrected chi connectivity index (χ3v) is 2.15. The van der Waals surface area contributed by atoms with Crippen LogP contribution in [0.5, 0.6) is 0 Å². The topological polar surface area (TPSA) is 70.6 Å². The van der Waals surface area contributed by atoms with Gasteiger partial charge in [0.25, 0.3) is 0 Å². The molecular formula is C12H18N2O3. The van der Waals surface area contributed by atoms with E-state index in [4.69, 9.17) is 9.84 Å². The molecule has 17 heavy (non-hydrogen) atoms. The lowest BCUT2D eigenvalue weighted by Crippen LogP contribution is -2.38. The number of aliphatic hydroxyl groups excluding tert-OH is 1. The second-order valence-electron chi connectivity index (χ2n) is 3.82. The van der Waals surface area contributed by atoms with Crippen molar-refractivity contribution in [3.05, 3.63) is 29.8 Å². The molecular weight excluding hydrogens is 220 g/mol. The van der Waals surface area contributed by atoms with E-state index in [0.717, 1.165) is 5.56 Å². The molecule has 0 aliphatic carbocycles. The van der Waals surface area contributed by atoms with Gasteiger partial charge in [0.1, 0.15) is 0 Å². The maximum Gasteiger partial charge on any atom is 0.319 e. The van der Waals surface area contributed by atoms with Crippen molar-refractivity contribution in [2.45, 2.75) is 19.6 Å². The number of methoxy groups -OCH3 is 1. The predicted molar refractivity (Wildman–Crippen MR) is 65.9 cm³/mol. The van der Waals surface area contributed by atoms with E-state index in [1.807, 2.05) is 18.2 Å². The molecule has 0 spiro atoms. The molecule has 0 fully saturated rings. The molecule has 2 amide bonds. The third-order valence-electron chi connectivity index (χ3n) is 2.15. The van der Waals surface area contributed by atoms with E-state index in [9.17, 15) is 4.79 Å². The molecule has 0 heterocycles. The zero-order valence-electron chi connectivity index (χ0n) is 10.1. The molecule has 3 N–H and O–H groups in total. The molecule has 0 saturated carbocycles. The molecule has 0 bridgehead atoms. The van der Waals surface area contributed by atoms with Crippen LogP contribution in [0.3, 0.4) is 0 Å². The van der Waals surface area contributed by atoms with Gasteiger partial charge in [0.15, 0.2) is 0 Å². The summed E-state index contributed by atoms with van der Waals surface area (Å²) in [5.41, 5.74) is 1.68. The van der Waals surface area contributed by atoms with Gasteiger partial charge < -0.3 is 20.5 Å². The molecule has 0 aromatic heterocycles.